The molecule has 4 nitrogen and oxygen atoms in total. The van der Waals surface area contributed by atoms with E-state index in [-0.39, 0.29) is 23.9 Å². The van der Waals surface area contributed by atoms with Crippen molar-refractivity contribution in [2.24, 2.45) is 5.92 Å². The topological polar surface area (TPSA) is 55.8 Å². The van der Waals surface area contributed by atoms with Crippen LogP contribution in [0.2, 0.25) is 0 Å². The third-order valence-electron chi connectivity index (χ3n) is 7.64. The van der Waals surface area contributed by atoms with Gasteiger partial charge in [-0.05, 0) is 89.7 Å². The molecule has 1 saturated carbocycles. The van der Waals surface area contributed by atoms with Crippen LogP contribution in [0.1, 0.15) is 45.3 Å². The maximum Gasteiger partial charge on any atom is 0.169 e. The highest BCUT2D eigenvalue weighted by atomic mass is 19.1. The summed E-state index contributed by atoms with van der Waals surface area (Å²) in [5.74, 6) is -1.55. The molecule has 1 fully saturated rings. The number of ether oxygens (including phenoxy) is 2. The average Bonchev–Trinajstić information content (AvgIpc) is 3.27. The molecule has 194 valence electrons. The quantitative estimate of drug-likeness (QED) is 0.281. The first-order chi connectivity index (χ1) is 18.3. The Morgan fingerprint density at radius 1 is 0.737 bits per heavy atom. The fourth-order valence-corrected chi connectivity index (χ4v) is 5.76. The first kappa shape index (κ1) is 25.6. The molecular weight excluding hydrogens is 486 g/mol. The standard InChI is InChI=1S/C32H28F2O4/c1-37-26-15-7-22(8-16-26)31(35)30-29(21-5-13-25(34)14-6-21)28(20-3-11-24(33)12-4-20)19-32(30,36)23-9-17-27(38-2)18-10-23/h3-18,28-30,36H,19H2,1-2H3/t28-,29-,30-,32+/m1/s1. The van der Waals surface area contributed by atoms with E-state index in [1.54, 1.807) is 87.0 Å². The van der Waals surface area contributed by atoms with Crippen molar-refractivity contribution in [2.75, 3.05) is 14.2 Å². The van der Waals surface area contributed by atoms with Crippen molar-refractivity contribution in [3.8, 4) is 11.5 Å². The van der Waals surface area contributed by atoms with Crippen molar-refractivity contribution in [1.29, 1.82) is 0 Å². The smallest absolute Gasteiger partial charge is 0.169 e. The van der Waals surface area contributed by atoms with E-state index >= 15 is 0 Å². The van der Waals surface area contributed by atoms with Crippen LogP contribution in [0.3, 0.4) is 0 Å². The summed E-state index contributed by atoms with van der Waals surface area (Å²) in [6.07, 6.45) is 0.208. The van der Waals surface area contributed by atoms with Gasteiger partial charge in [-0.2, -0.15) is 0 Å². The maximum absolute atomic E-state index is 14.3. The van der Waals surface area contributed by atoms with Gasteiger partial charge in [0, 0.05) is 11.5 Å². The van der Waals surface area contributed by atoms with Gasteiger partial charge in [-0.25, -0.2) is 8.78 Å². The van der Waals surface area contributed by atoms with Crippen molar-refractivity contribution in [2.45, 2.75) is 23.9 Å². The van der Waals surface area contributed by atoms with Gasteiger partial charge >= 0.3 is 0 Å². The highest BCUT2D eigenvalue weighted by Crippen LogP contribution is 2.59. The summed E-state index contributed by atoms with van der Waals surface area (Å²) in [5, 5.41) is 12.5. The number of Topliss-reactive ketones (excluding diaryl/α,β-unsaturated/α-hetero) is 1. The van der Waals surface area contributed by atoms with Gasteiger partial charge < -0.3 is 14.6 Å². The van der Waals surface area contributed by atoms with Gasteiger partial charge in [0.15, 0.2) is 5.78 Å². The molecule has 38 heavy (non-hydrogen) atoms. The van der Waals surface area contributed by atoms with Crippen LogP contribution in [0, 0.1) is 17.6 Å². The Labute approximate surface area is 220 Å². The van der Waals surface area contributed by atoms with Crippen LogP contribution in [0.25, 0.3) is 0 Å². The fourth-order valence-electron chi connectivity index (χ4n) is 5.76. The zero-order chi connectivity index (χ0) is 26.9. The Morgan fingerprint density at radius 2 is 1.21 bits per heavy atom. The number of carbonyl (C=O) groups is 1. The minimum atomic E-state index is -1.57. The zero-order valence-electron chi connectivity index (χ0n) is 21.1. The van der Waals surface area contributed by atoms with Gasteiger partial charge in [0.05, 0.1) is 20.1 Å². The van der Waals surface area contributed by atoms with Gasteiger partial charge in [-0.3, -0.25) is 4.79 Å². The van der Waals surface area contributed by atoms with E-state index in [4.69, 9.17) is 9.47 Å². The Hall–Kier alpha value is -4.03. The minimum absolute atomic E-state index is 0.208. The Bertz CT molecular complexity index is 1400. The molecule has 1 aliphatic rings. The number of carbonyl (C=O) groups excluding carboxylic acids is 1. The highest BCUT2D eigenvalue weighted by Gasteiger charge is 2.57. The largest absolute Gasteiger partial charge is 0.497 e. The molecule has 0 spiro atoms. The monoisotopic (exact) mass is 514 g/mol. The van der Waals surface area contributed by atoms with Crippen LogP contribution in [0.15, 0.2) is 97.1 Å². The number of hydrogen-bond donors (Lipinski definition) is 1. The molecule has 0 aromatic heterocycles. The van der Waals surface area contributed by atoms with E-state index in [0.717, 1.165) is 11.1 Å². The van der Waals surface area contributed by atoms with Gasteiger partial charge in [0.2, 0.25) is 0 Å². The minimum Gasteiger partial charge on any atom is -0.497 e. The van der Waals surface area contributed by atoms with Crippen LogP contribution in [-0.2, 0) is 5.60 Å². The highest BCUT2D eigenvalue weighted by molar-refractivity contribution is 6.00. The molecule has 0 aliphatic heterocycles. The molecule has 4 aromatic rings. The van der Waals surface area contributed by atoms with Crippen LogP contribution in [-0.4, -0.2) is 25.1 Å². The van der Waals surface area contributed by atoms with Crippen molar-refractivity contribution in [3.05, 3.63) is 131 Å². The van der Waals surface area contributed by atoms with Crippen molar-refractivity contribution in [3.63, 3.8) is 0 Å². The number of methoxy groups -OCH3 is 2. The lowest BCUT2D eigenvalue weighted by Crippen LogP contribution is -2.38. The van der Waals surface area contributed by atoms with Crippen LogP contribution >= 0.6 is 0 Å². The number of rotatable bonds is 7. The number of benzene rings is 4. The number of hydrogen-bond acceptors (Lipinski definition) is 4. The van der Waals surface area contributed by atoms with Crippen molar-refractivity contribution in [1.82, 2.24) is 0 Å². The average molecular weight is 515 g/mol. The lowest BCUT2D eigenvalue weighted by Gasteiger charge is -2.33. The molecule has 0 heterocycles. The Balaban J connectivity index is 1.70. The van der Waals surface area contributed by atoms with Gasteiger partial charge in [0.25, 0.3) is 0 Å². The van der Waals surface area contributed by atoms with Crippen LogP contribution in [0.5, 0.6) is 11.5 Å². The molecular formula is C32H28F2O4. The van der Waals surface area contributed by atoms with Crippen molar-refractivity contribution >= 4 is 5.78 Å². The van der Waals surface area contributed by atoms with Gasteiger partial charge in [0.1, 0.15) is 28.7 Å². The predicted octanol–water partition coefficient (Wildman–Crippen LogP) is 6.64. The second-order valence-corrected chi connectivity index (χ2v) is 9.66. The Kier molecular flexibility index (Phi) is 7.00. The van der Waals surface area contributed by atoms with Gasteiger partial charge in [-0.15, -0.1) is 0 Å². The van der Waals surface area contributed by atoms with E-state index in [9.17, 15) is 18.7 Å². The maximum atomic E-state index is 14.3. The molecule has 1 aliphatic carbocycles. The SMILES string of the molecule is COc1ccc(C(=O)[C@H]2[C@H](c3ccc(F)cc3)[C@@H](c3ccc(F)cc3)C[C@]2(O)c2ccc(OC)cc2)cc1. The molecule has 4 aromatic carbocycles. The molecule has 0 amide bonds. The van der Waals surface area contributed by atoms with E-state index in [1.165, 1.54) is 24.3 Å². The molecule has 0 unspecified atom stereocenters. The lowest BCUT2D eigenvalue weighted by molar-refractivity contribution is -0.000279. The summed E-state index contributed by atoms with van der Waals surface area (Å²) in [4.78, 5) is 14.3. The second kappa shape index (κ2) is 10.4. The summed E-state index contributed by atoms with van der Waals surface area (Å²) < 4.78 is 38.3. The van der Waals surface area contributed by atoms with Crippen molar-refractivity contribution < 1.29 is 28.2 Å². The summed E-state index contributed by atoms with van der Waals surface area (Å²) in [7, 11) is 3.11. The lowest BCUT2D eigenvalue weighted by atomic mass is 9.73. The molecule has 0 bridgehead atoms. The summed E-state index contributed by atoms with van der Waals surface area (Å²) in [5.41, 5.74) is 0.938. The number of ketones is 1. The Morgan fingerprint density at radius 3 is 1.71 bits per heavy atom. The third kappa shape index (κ3) is 4.68. The number of aliphatic hydroxyl groups is 1. The van der Waals surface area contributed by atoms with Gasteiger partial charge in [-0.1, -0.05) is 36.4 Å². The van der Waals surface area contributed by atoms with E-state index in [0.29, 0.717) is 22.6 Å². The molecule has 4 atom stereocenters. The van der Waals surface area contributed by atoms with Crippen LogP contribution < -0.4 is 9.47 Å². The fraction of sp³-hybridized carbons (Fsp3) is 0.219. The van der Waals surface area contributed by atoms with E-state index in [1.807, 2.05) is 0 Å². The molecule has 5 rings (SSSR count). The molecule has 6 heteroatoms. The molecule has 1 N–H and O–H groups in total. The van der Waals surface area contributed by atoms with E-state index < -0.39 is 23.3 Å². The summed E-state index contributed by atoms with van der Waals surface area (Å²) in [6.45, 7) is 0. The summed E-state index contributed by atoms with van der Waals surface area (Å²) in [6, 6.07) is 26.0. The third-order valence-corrected chi connectivity index (χ3v) is 7.64. The zero-order valence-corrected chi connectivity index (χ0v) is 21.1. The normalized spacial score (nSPS) is 22.7. The predicted molar refractivity (Wildman–Crippen MR) is 141 cm³/mol. The van der Waals surface area contributed by atoms with E-state index in [2.05, 4.69) is 0 Å². The molecule has 0 radical (unpaired) electrons. The first-order valence-electron chi connectivity index (χ1n) is 12.4. The summed E-state index contributed by atoms with van der Waals surface area (Å²) >= 11 is 0. The molecule has 0 saturated heterocycles. The van der Waals surface area contributed by atoms with Crippen LogP contribution in [0.4, 0.5) is 8.78 Å². The second-order valence-electron chi connectivity index (χ2n) is 9.66. The first-order valence-corrected chi connectivity index (χ1v) is 12.4. The number of halogens is 2.